The molecule has 2 fully saturated rings. The van der Waals surface area contributed by atoms with Crippen LogP contribution in [0, 0.1) is 17.3 Å². The number of aryl methyl sites for hydroxylation is 2. The maximum atomic E-state index is 10.5. The average Bonchev–Trinajstić information content (AvgIpc) is 2.82. The van der Waals surface area contributed by atoms with Crippen LogP contribution in [-0.4, -0.2) is 16.3 Å². The van der Waals surface area contributed by atoms with Crippen molar-refractivity contribution >= 4 is 0 Å². The zero-order valence-electron chi connectivity index (χ0n) is 13.8. The van der Waals surface area contributed by atoms with Gasteiger partial charge < -0.3 is 10.2 Å². The Morgan fingerprint density at radius 2 is 2.00 bits per heavy atom. The highest BCUT2D eigenvalue weighted by atomic mass is 16.3. The molecule has 2 saturated carbocycles. The van der Waals surface area contributed by atoms with Gasteiger partial charge in [0.15, 0.2) is 0 Å². The molecule has 0 unspecified atom stereocenters. The minimum absolute atomic E-state index is 0.0918. The van der Waals surface area contributed by atoms with Crippen molar-refractivity contribution in [1.29, 1.82) is 0 Å². The number of hydrogen-bond donors (Lipinski definition) is 2. The molecule has 3 aliphatic rings. The van der Waals surface area contributed by atoms with E-state index in [0.29, 0.717) is 17.6 Å². The minimum Gasteiger partial charge on any atom is -0.508 e. The van der Waals surface area contributed by atoms with E-state index in [2.05, 4.69) is 19.9 Å². The summed E-state index contributed by atoms with van der Waals surface area (Å²) in [5.74, 6) is 2.56. The smallest absolute Gasteiger partial charge is 0.119 e. The highest BCUT2D eigenvalue weighted by Gasteiger charge is 2.54. The molecule has 120 valence electrons. The van der Waals surface area contributed by atoms with E-state index in [1.165, 1.54) is 30.4 Å². The third kappa shape index (κ3) is 1.89. The summed E-state index contributed by atoms with van der Waals surface area (Å²) in [6, 6.07) is 4.32. The predicted molar refractivity (Wildman–Crippen MR) is 88.1 cm³/mol. The van der Waals surface area contributed by atoms with Gasteiger partial charge in [-0.1, -0.05) is 19.9 Å². The summed E-state index contributed by atoms with van der Waals surface area (Å²) in [6.07, 6.45) is 7.69. The van der Waals surface area contributed by atoms with Gasteiger partial charge in [0.2, 0.25) is 0 Å². The molecule has 0 spiro atoms. The van der Waals surface area contributed by atoms with Crippen molar-refractivity contribution in [2.24, 2.45) is 17.3 Å². The van der Waals surface area contributed by atoms with Gasteiger partial charge in [0.1, 0.15) is 5.75 Å². The summed E-state index contributed by atoms with van der Waals surface area (Å²) in [4.78, 5) is 0. The molecule has 0 amide bonds. The van der Waals surface area contributed by atoms with Gasteiger partial charge in [-0.05, 0) is 90.9 Å². The molecule has 2 nitrogen and oxygen atoms in total. The third-order valence-corrected chi connectivity index (χ3v) is 7.25. The summed E-state index contributed by atoms with van der Waals surface area (Å²) >= 11 is 0. The highest BCUT2D eigenvalue weighted by molar-refractivity contribution is 5.45. The lowest BCUT2D eigenvalue weighted by Gasteiger charge is -2.50. The van der Waals surface area contributed by atoms with Gasteiger partial charge in [0, 0.05) is 0 Å². The topological polar surface area (TPSA) is 40.5 Å². The molecule has 0 bridgehead atoms. The molecular weight excluding hydrogens is 272 g/mol. The van der Waals surface area contributed by atoms with E-state index < -0.39 is 0 Å². The Bertz CT molecular complexity index is 594. The fourth-order valence-corrected chi connectivity index (χ4v) is 5.91. The zero-order valence-corrected chi connectivity index (χ0v) is 13.8. The van der Waals surface area contributed by atoms with E-state index in [9.17, 15) is 10.2 Å². The van der Waals surface area contributed by atoms with Gasteiger partial charge in [0.05, 0.1) is 6.10 Å². The molecule has 0 aliphatic heterocycles. The van der Waals surface area contributed by atoms with Crippen molar-refractivity contribution in [2.75, 3.05) is 0 Å². The molecule has 0 aromatic heterocycles. The first-order valence-corrected chi connectivity index (χ1v) is 9.07. The largest absolute Gasteiger partial charge is 0.508 e. The maximum absolute atomic E-state index is 10.5. The van der Waals surface area contributed by atoms with E-state index in [1.54, 1.807) is 0 Å². The zero-order chi connectivity index (χ0) is 15.5. The fourth-order valence-electron chi connectivity index (χ4n) is 5.91. The summed E-state index contributed by atoms with van der Waals surface area (Å²) in [6.45, 7) is 4.45. The maximum Gasteiger partial charge on any atom is 0.119 e. The Kier molecular flexibility index (Phi) is 3.30. The second-order valence-corrected chi connectivity index (χ2v) is 8.09. The van der Waals surface area contributed by atoms with Crippen LogP contribution in [0.5, 0.6) is 5.75 Å². The van der Waals surface area contributed by atoms with Gasteiger partial charge in [-0.3, -0.25) is 0 Å². The first kappa shape index (κ1) is 14.6. The van der Waals surface area contributed by atoms with Crippen LogP contribution >= 0.6 is 0 Å². The summed E-state index contributed by atoms with van der Waals surface area (Å²) in [5, 5.41) is 20.6. The molecule has 0 radical (unpaired) electrons. The molecule has 4 rings (SSSR count). The Labute approximate surface area is 133 Å². The van der Waals surface area contributed by atoms with Crippen LogP contribution in [0.1, 0.15) is 68.6 Å². The fraction of sp³-hybridized carbons (Fsp3) is 0.700. The van der Waals surface area contributed by atoms with Gasteiger partial charge >= 0.3 is 0 Å². The minimum atomic E-state index is -0.0918. The number of aliphatic hydroxyl groups excluding tert-OH is 1. The molecule has 1 aromatic rings. The van der Waals surface area contributed by atoms with Crippen LogP contribution in [0.4, 0.5) is 0 Å². The molecule has 2 heteroatoms. The van der Waals surface area contributed by atoms with Gasteiger partial charge in [-0.15, -0.1) is 0 Å². The molecule has 5 atom stereocenters. The average molecular weight is 300 g/mol. The lowest BCUT2D eigenvalue weighted by atomic mass is 9.55. The number of aromatic hydroxyl groups is 1. The quantitative estimate of drug-likeness (QED) is 0.817. The van der Waals surface area contributed by atoms with Crippen molar-refractivity contribution in [3.8, 4) is 5.75 Å². The molecule has 2 N–H and O–H groups in total. The Morgan fingerprint density at radius 3 is 2.77 bits per heavy atom. The SMILES string of the molecule is CCc1cc2c(cc1O)CC[C@H]1[C@@H]2CC[C@]2(C)[C@@H](O)CC[C@@H]12. The molecule has 0 saturated heterocycles. The van der Waals surface area contributed by atoms with E-state index in [1.807, 2.05) is 6.07 Å². The van der Waals surface area contributed by atoms with Crippen molar-refractivity contribution in [3.05, 3.63) is 28.8 Å². The van der Waals surface area contributed by atoms with Crippen LogP contribution < -0.4 is 0 Å². The third-order valence-electron chi connectivity index (χ3n) is 7.25. The van der Waals surface area contributed by atoms with E-state index in [-0.39, 0.29) is 11.5 Å². The Balaban J connectivity index is 1.72. The lowest BCUT2D eigenvalue weighted by Crippen LogP contribution is -2.43. The normalized spacial score (nSPS) is 40.0. The number of fused-ring (bicyclic) bond motifs is 5. The second kappa shape index (κ2) is 4.99. The number of benzene rings is 1. The van der Waals surface area contributed by atoms with Gasteiger partial charge in [0.25, 0.3) is 0 Å². The molecule has 3 aliphatic carbocycles. The Hall–Kier alpha value is -1.02. The number of hydrogen-bond acceptors (Lipinski definition) is 2. The second-order valence-electron chi connectivity index (χ2n) is 8.09. The first-order chi connectivity index (χ1) is 10.5. The molecular formula is C20H28O2. The number of phenols is 1. The lowest BCUT2D eigenvalue weighted by molar-refractivity contribution is -0.0226. The van der Waals surface area contributed by atoms with E-state index in [0.717, 1.165) is 37.2 Å². The van der Waals surface area contributed by atoms with Crippen LogP contribution in [0.3, 0.4) is 0 Å². The summed E-state index contributed by atoms with van der Waals surface area (Å²) < 4.78 is 0. The molecule has 0 heterocycles. The van der Waals surface area contributed by atoms with Crippen molar-refractivity contribution in [1.82, 2.24) is 0 Å². The standard InChI is InChI=1S/C20H28O2/c1-3-12-10-16-13(11-18(12)21)4-5-15-14(16)8-9-20(2)17(15)6-7-19(20)22/h10-11,14-15,17,19,21-22H,3-9H2,1-2H3/t14-,15-,17-,19-,20-/m0/s1. The Morgan fingerprint density at radius 1 is 1.18 bits per heavy atom. The van der Waals surface area contributed by atoms with Crippen molar-refractivity contribution < 1.29 is 10.2 Å². The number of aliphatic hydroxyl groups is 1. The van der Waals surface area contributed by atoms with E-state index >= 15 is 0 Å². The van der Waals surface area contributed by atoms with Crippen LogP contribution in [0.2, 0.25) is 0 Å². The summed E-state index contributed by atoms with van der Waals surface area (Å²) in [7, 11) is 0. The van der Waals surface area contributed by atoms with Crippen molar-refractivity contribution in [2.45, 2.75) is 70.8 Å². The molecule has 1 aromatic carbocycles. The van der Waals surface area contributed by atoms with Gasteiger partial charge in [-0.2, -0.15) is 0 Å². The van der Waals surface area contributed by atoms with Crippen molar-refractivity contribution in [3.63, 3.8) is 0 Å². The monoisotopic (exact) mass is 300 g/mol. The number of phenolic OH excluding ortho intramolecular Hbond substituents is 1. The van der Waals surface area contributed by atoms with E-state index in [4.69, 9.17) is 0 Å². The van der Waals surface area contributed by atoms with Crippen LogP contribution in [0.15, 0.2) is 12.1 Å². The first-order valence-electron chi connectivity index (χ1n) is 9.07. The highest BCUT2D eigenvalue weighted by Crippen LogP contribution is 2.61. The van der Waals surface area contributed by atoms with Gasteiger partial charge in [-0.25, -0.2) is 0 Å². The van der Waals surface area contributed by atoms with Crippen LogP contribution in [0.25, 0.3) is 0 Å². The predicted octanol–water partition coefficient (Wildman–Crippen LogP) is 4.17. The number of rotatable bonds is 1. The molecule has 22 heavy (non-hydrogen) atoms. The summed E-state index contributed by atoms with van der Waals surface area (Å²) in [5.41, 5.74) is 4.13. The van der Waals surface area contributed by atoms with Crippen LogP contribution in [-0.2, 0) is 12.8 Å².